The van der Waals surface area contributed by atoms with Crippen LogP contribution < -0.4 is 5.54 Å². The summed E-state index contributed by atoms with van der Waals surface area (Å²) in [6, 6.07) is 0. The summed E-state index contributed by atoms with van der Waals surface area (Å²) in [5, 5.41) is 0. The van der Waals surface area contributed by atoms with Gasteiger partial charge < -0.3 is 0 Å². The molecule has 0 saturated carbocycles. The van der Waals surface area contributed by atoms with Gasteiger partial charge in [-0.1, -0.05) is 0 Å². The van der Waals surface area contributed by atoms with Gasteiger partial charge in [0.2, 0.25) is 0 Å². The molecule has 0 aliphatic heterocycles. The van der Waals surface area contributed by atoms with E-state index in [0.717, 1.165) is 6.92 Å². The van der Waals surface area contributed by atoms with E-state index in [-0.39, 0.29) is 0 Å². The molecule has 56 valence electrons. The molecule has 0 heterocycles. The number of carbonyl (C=O) groups excluding carboxylic acids is 1. The van der Waals surface area contributed by atoms with Crippen molar-refractivity contribution in [3.63, 3.8) is 0 Å². The predicted molar refractivity (Wildman–Crippen MR) is 27.6 cm³/mol. The molecule has 0 rings (SSSR count). The lowest BCUT2D eigenvalue weighted by Crippen LogP contribution is -2.34. The summed E-state index contributed by atoms with van der Waals surface area (Å²) in [6.45, 7) is 1.12. The molecule has 0 saturated heterocycles. The van der Waals surface area contributed by atoms with Crippen molar-refractivity contribution in [2.45, 2.75) is 12.8 Å². The van der Waals surface area contributed by atoms with Crippen LogP contribution in [0.2, 0.25) is 0 Å². The van der Waals surface area contributed by atoms with Crippen molar-refractivity contribution in [3.8, 4) is 11.8 Å². The average molecular weight is 151 g/mol. The zero-order valence-electron chi connectivity index (χ0n) is 5.04. The first-order valence-corrected chi connectivity index (χ1v) is 2.27. The van der Waals surface area contributed by atoms with Gasteiger partial charge in [-0.2, -0.15) is 14.3 Å². The van der Waals surface area contributed by atoms with E-state index in [1.165, 1.54) is 5.92 Å². The van der Waals surface area contributed by atoms with E-state index in [2.05, 4.69) is 0 Å². The van der Waals surface area contributed by atoms with Crippen LogP contribution in [0.5, 0.6) is 0 Å². The van der Waals surface area contributed by atoms with Crippen molar-refractivity contribution in [1.29, 1.82) is 0 Å². The van der Waals surface area contributed by atoms with Crippen molar-refractivity contribution in [3.05, 3.63) is 0 Å². The molecule has 0 spiro atoms. The Kier molecular flexibility index (Phi) is 2.74. The number of hydrogen-bond acceptors (Lipinski definition) is 1. The van der Waals surface area contributed by atoms with E-state index in [4.69, 9.17) is 0 Å². The lowest BCUT2D eigenvalue weighted by Gasteiger charge is -2.02. The molecule has 0 fully saturated rings. The van der Waals surface area contributed by atoms with E-state index in [0.29, 0.717) is 5.54 Å². The van der Waals surface area contributed by atoms with E-state index < -0.39 is 11.8 Å². The van der Waals surface area contributed by atoms with Crippen molar-refractivity contribution in [2.24, 2.45) is 0 Å². The molecule has 0 aliphatic rings. The molecular weight excluding hydrogens is 147 g/mol. The fourth-order valence-corrected chi connectivity index (χ4v) is 0.273. The van der Waals surface area contributed by atoms with Gasteiger partial charge in [-0.25, -0.2) is 0 Å². The van der Waals surface area contributed by atoms with Gasteiger partial charge in [0, 0.05) is 0 Å². The van der Waals surface area contributed by atoms with Gasteiger partial charge in [-0.05, 0) is 12.8 Å². The highest BCUT2D eigenvalue weighted by molar-refractivity contribution is 5.85. The normalized spacial score (nSPS) is 9.60. The molecule has 0 atom stereocenters. The maximum atomic E-state index is 12.0. The quantitative estimate of drug-likeness (QED) is 0.432. The summed E-state index contributed by atoms with van der Waals surface area (Å²) in [4.78, 5) is 9.88. The molecule has 1 amide bonds. The van der Waals surface area contributed by atoms with Gasteiger partial charge in [0.15, 0.2) is 0 Å². The molecule has 10 heavy (non-hydrogen) atoms. The van der Waals surface area contributed by atoms with Crippen LogP contribution in [0, 0.1) is 11.8 Å². The van der Waals surface area contributed by atoms with Crippen LogP contribution in [0.1, 0.15) is 6.92 Å². The molecule has 0 radical (unpaired) electrons. The predicted octanol–water partition coefficient (Wildman–Crippen LogP) is 0.646. The first kappa shape index (κ1) is 8.82. The lowest BCUT2D eigenvalue weighted by atomic mass is 10.3. The Labute approximate surface area is 55.3 Å². The summed E-state index contributed by atoms with van der Waals surface area (Å²) in [5.74, 6) is -2.93. The van der Waals surface area contributed by atoms with Gasteiger partial charge >= 0.3 is 11.8 Å². The van der Waals surface area contributed by atoms with Crippen LogP contribution in [-0.2, 0) is 4.79 Å². The Morgan fingerprint density at radius 1 is 1.60 bits per heavy atom. The summed E-state index contributed by atoms with van der Waals surface area (Å²) in [7, 11) is 0. The smallest absolute Gasteiger partial charge is 0.264 e. The largest absolute Gasteiger partial charge is 0.387 e. The Hall–Kier alpha value is -1.18. The highest BCUT2D eigenvalue weighted by atomic mass is 19.3. The number of carbonyl (C=O) groups is 1. The van der Waals surface area contributed by atoms with Crippen LogP contribution in [0.3, 0.4) is 0 Å². The first-order chi connectivity index (χ1) is 4.54. The number of amides is 1. The van der Waals surface area contributed by atoms with Gasteiger partial charge in [-0.15, -0.1) is 10.4 Å². The Bertz CT molecular complexity index is 191. The van der Waals surface area contributed by atoms with Crippen LogP contribution in [0.15, 0.2) is 0 Å². The zero-order chi connectivity index (χ0) is 8.20. The van der Waals surface area contributed by atoms with Crippen molar-refractivity contribution in [1.82, 2.24) is 5.54 Å². The maximum Gasteiger partial charge on any atom is 0.387 e. The molecular formula is C5H4F3NO. The molecule has 1 N–H and O–H groups in total. The van der Waals surface area contributed by atoms with Crippen LogP contribution in [-0.4, -0.2) is 11.8 Å². The third-order valence-corrected chi connectivity index (χ3v) is 0.653. The number of alkyl halides is 2. The molecule has 0 aromatic carbocycles. The third-order valence-electron chi connectivity index (χ3n) is 0.653. The summed E-state index contributed by atoms with van der Waals surface area (Å²) >= 11 is 0. The van der Waals surface area contributed by atoms with Crippen molar-refractivity contribution in [2.75, 3.05) is 0 Å². The Balaban J connectivity index is 4.34. The number of rotatable bonds is 1. The van der Waals surface area contributed by atoms with E-state index in [9.17, 15) is 18.1 Å². The van der Waals surface area contributed by atoms with Gasteiger partial charge in [0.1, 0.15) is 0 Å². The number of halogens is 3. The molecule has 0 bridgehead atoms. The van der Waals surface area contributed by atoms with Gasteiger partial charge in [0.25, 0.3) is 0 Å². The second kappa shape index (κ2) is 3.11. The number of nitrogens with one attached hydrogen (secondary N) is 1. The zero-order valence-corrected chi connectivity index (χ0v) is 5.04. The monoisotopic (exact) mass is 151 g/mol. The minimum absolute atomic E-state index is 0.299. The summed E-state index contributed by atoms with van der Waals surface area (Å²) < 4.78 is 35.0. The lowest BCUT2D eigenvalue weighted by molar-refractivity contribution is -0.142. The van der Waals surface area contributed by atoms with Crippen LogP contribution in [0.4, 0.5) is 13.3 Å². The highest BCUT2D eigenvalue weighted by Gasteiger charge is 2.36. The minimum atomic E-state index is -3.93. The SMILES string of the molecule is CC#CC(F)(F)C(=O)NF. The van der Waals surface area contributed by atoms with E-state index in [1.807, 2.05) is 0 Å². The molecule has 5 heteroatoms. The first-order valence-electron chi connectivity index (χ1n) is 2.27. The molecule has 0 aliphatic carbocycles. The highest BCUT2D eigenvalue weighted by Crippen LogP contribution is 2.10. The average Bonchev–Trinajstić information content (AvgIpc) is 1.86. The van der Waals surface area contributed by atoms with E-state index >= 15 is 0 Å². The topological polar surface area (TPSA) is 29.1 Å². The standard InChI is InChI=1S/C5H4F3NO/c1-2-3-5(6,7)4(10)9-8/h1H3,(H,9,10). The fourth-order valence-electron chi connectivity index (χ4n) is 0.273. The molecule has 0 aromatic rings. The van der Waals surface area contributed by atoms with Crippen molar-refractivity contribution < 1.29 is 18.1 Å². The van der Waals surface area contributed by atoms with Crippen LogP contribution >= 0.6 is 0 Å². The van der Waals surface area contributed by atoms with E-state index in [1.54, 1.807) is 5.92 Å². The molecule has 2 nitrogen and oxygen atoms in total. The fraction of sp³-hybridized carbons (Fsp3) is 0.400. The van der Waals surface area contributed by atoms with Crippen LogP contribution in [0.25, 0.3) is 0 Å². The summed E-state index contributed by atoms with van der Waals surface area (Å²) in [5.41, 5.74) is 0.299. The summed E-state index contributed by atoms with van der Waals surface area (Å²) in [6.07, 6.45) is 0. The minimum Gasteiger partial charge on any atom is -0.264 e. The van der Waals surface area contributed by atoms with Gasteiger partial charge in [-0.3, -0.25) is 4.79 Å². The third kappa shape index (κ3) is 1.97. The van der Waals surface area contributed by atoms with Crippen molar-refractivity contribution >= 4 is 5.91 Å². The Morgan fingerprint density at radius 3 is 2.40 bits per heavy atom. The molecule has 0 aromatic heterocycles. The number of hydrogen-bond donors (Lipinski definition) is 1. The Morgan fingerprint density at radius 2 is 2.10 bits per heavy atom. The maximum absolute atomic E-state index is 12.0. The second-order valence-electron chi connectivity index (χ2n) is 1.37. The molecule has 0 unspecified atom stereocenters. The van der Waals surface area contributed by atoms with Gasteiger partial charge in [0.05, 0.1) is 0 Å². The second-order valence-corrected chi connectivity index (χ2v) is 1.37.